The molecule has 1 unspecified atom stereocenters. The Balaban J connectivity index is 1.70. The number of hydrogen-bond donors (Lipinski definition) is 2. The minimum Gasteiger partial charge on any atom is -0.355 e. The van der Waals surface area contributed by atoms with Gasteiger partial charge in [0.25, 0.3) is 0 Å². The molecule has 0 aliphatic carbocycles. The van der Waals surface area contributed by atoms with Crippen molar-refractivity contribution >= 4 is 5.91 Å². The van der Waals surface area contributed by atoms with Crippen molar-refractivity contribution in [2.45, 2.75) is 19.3 Å². The van der Waals surface area contributed by atoms with Crippen molar-refractivity contribution in [3.63, 3.8) is 0 Å². The molecule has 3 nitrogen and oxygen atoms in total. The Bertz CT molecular complexity index is 344. The molecule has 1 fully saturated rings. The van der Waals surface area contributed by atoms with E-state index in [1.807, 2.05) is 30.3 Å². The highest BCUT2D eigenvalue weighted by molar-refractivity contribution is 5.78. The van der Waals surface area contributed by atoms with E-state index in [4.69, 9.17) is 0 Å². The predicted molar refractivity (Wildman–Crippen MR) is 68.7 cm³/mol. The molecular formula is C14H20N2O. The van der Waals surface area contributed by atoms with E-state index in [1.165, 1.54) is 12.8 Å². The second kappa shape index (κ2) is 6.40. The van der Waals surface area contributed by atoms with E-state index >= 15 is 0 Å². The van der Waals surface area contributed by atoms with E-state index in [0.717, 1.165) is 25.2 Å². The van der Waals surface area contributed by atoms with Crippen LogP contribution >= 0.6 is 0 Å². The molecule has 2 rings (SSSR count). The maximum atomic E-state index is 11.7. The Labute approximate surface area is 103 Å². The van der Waals surface area contributed by atoms with E-state index in [1.54, 1.807) is 0 Å². The molecule has 17 heavy (non-hydrogen) atoms. The summed E-state index contributed by atoms with van der Waals surface area (Å²) < 4.78 is 0. The summed E-state index contributed by atoms with van der Waals surface area (Å²) in [4.78, 5) is 11.7. The predicted octanol–water partition coefficient (Wildman–Crippen LogP) is 1.34. The molecule has 0 bridgehead atoms. The van der Waals surface area contributed by atoms with E-state index in [9.17, 15) is 4.79 Å². The monoisotopic (exact) mass is 232 g/mol. The summed E-state index contributed by atoms with van der Waals surface area (Å²) >= 11 is 0. The first kappa shape index (κ1) is 12.1. The molecular weight excluding hydrogens is 212 g/mol. The lowest BCUT2D eigenvalue weighted by atomic mass is 10.00. The number of carbonyl (C=O) groups is 1. The summed E-state index contributed by atoms with van der Waals surface area (Å²) in [5, 5.41) is 6.38. The lowest BCUT2D eigenvalue weighted by Gasteiger charge is -2.22. The summed E-state index contributed by atoms with van der Waals surface area (Å²) in [6, 6.07) is 9.87. The Kier molecular flexibility index (Phi) is 4.56. The van der Waals surface area contributed by atoms with Gasteiger partial charge in [0.05, 0.1) is 6.42 Å². The average Bonchev–Trinajstić information content (AvgIpc) is 2.39. The van der Waals surface area contributed by atoms with Crippen LogP contribution in [0.5, 0.6) is 0 Å². The highest BCUT2D eigenvalue weighted by atomic mass is 16.1. The summed E-state index contributed by atoms with van der Waals surface area (Å²) in [7, 11) is 0. The van der Waals surface area contributed by atoms with Gasteiger partial charge in [-0.1, -0.05) is 30.3 Å². The van der Waals surface area contributed by atoms with Crippen LogP contribution in [0.1, 0.15) is 18.4 Å². The zero-order chi connectivity index (χ0) is 11.9. The summed E-state index contributed by atoms with van der Waals surface area (Å²) in [6.45, 7) is 2.96. The molecule has 3 heteroatoms. The molecule has 1 atom stereocenters. The molecule has 0 aromatic heterocycles. The number of piperidine rings is 1. The largest absolute Gasteiger partial charge is 0.355 e. The van der Waals surface area contributed by atoms with Crippen molar-refractivity contribution in [2.75, 3.05) is 19.6 Å². The van der Waals surface area contributed by atoms with Gasteiger partial charge in [-0.3, -0.25) is 4.79 Å². The molecule has 1 aromatic rings. The van der Waals surface area contributed by atoms with Crippen LogP contribution in [0.2, 0.25) is 0 Å². The van der Waals surface area contributed by atoms with Gasteiger partial charge in [0.15, 0.2) is 0 Å². The second-order valence-corrected chi connectivity index (χ2v) is 4.68. The van der Waals surface area contributed by atoms with Gasteiger partial charge in [-0.2, -0.15) is 0 Å². The van der Waals surface area contributed by atoms with Crippen LogP contribution in [0.3, 0.4) is 0 Å². The minimum atomic E-state index is 0.127. The van der Waals surface area contributed by atoms with Crippen LogP contribution in [-0.4, -0.2) is 25.5 Å². The fourth-order valence-corrected chi connectivity index (χ4v) is 2.20. The average molecular weight is 232 g/mol. The second-order valence-electron chi connectivity index (χ2n) is 4.68. The first-order valence-electron chi connectivity index (χ1n) is 6.36. The minimum absolute atomic E-state index is 0.127. The summed E-state index contributed by atoms with van der Waals surface area (Å²) in [6.07, 6.45) is 2.93. The third kappa shape index (κ3) is 4.19. The standard InChI is InChI=1S/C14H20N2O/c17-14(9-12-5-2-1-3-6-12)16-11-13-7-4-8-15-10-13/h1-3,5-6,13,15H,4,7-11H2,(H,16,17). The van der Waals surface area contributed by atoms with Gasteiger partial charge in [0.1, 0.15) is 0 Å². The fraction of sp³-hybridized carbons (Fsp3) is 0.500. The third-order valence-corrected chi connectivity index (χ3v) is 3.19. The first-order valence-corrected chi connectivity index (χ1v) is 6.36. The van der Waals surface area contributed by atoms with E-state index in [0.29, 0.717) is 12.3 Å². The van der Waals surface area contributed by atoms with Crippen molar-refractivity contribution in [1.29, 1.82) is 0 Å². The molecule has 0 radical (unpaired) electrons. The van der Waals surface area contributed by atoms with Gasteiger partial charge < -0.3 is 10.6 Å². The van der Waals surface area contributed by atoms with Crippen molar-refractivity contribution in [3.8, 4) is 0 Å². The molecule has 0 saturated carbocycles. The molecule has 0 spiro atoms. The summed E-state index contributed by atoms with van der Waals surface area (Å²) in [5.74, 6) is 0.727. The van der Waals surface area contributed by atoms with Crippen LogP contribution in [0, 0.1) is 5.92 Å². The van der Waals surface area contributed by atoms with E-state index in [2.05, 4.69) is 10.6 Å². The van der Waals surface area contributed by atoms with Crippen molar-refractivity contribution in [2.24, 2.45) is 5.92 Å². The van der Waals surface area contributed by atoms with Crippen LogP contribution < -0.4 is 10.6 Å². The molecule has 1 heterocycles. The molecule has 1 saturated heterocycles. The lowest BCUT2D eigenvalue weighted by Crippen LogP contribution is -2.38. The smallest absolute Gasteiger partial charge is 0.224 e. The maximum absolute atomic E-state index is 11.7. The number of carbonyl (C=O) groups excluding carboxylic acids is 1. The van der Waals surface area contributed by atoms with Crippen LogP contribution in [-0.2, 0) is 11.2 Å². The Morgan fingerprint density at radius 1 is 1.35 bits per heavy atom. The maximum Gasteiger partial charge on any atom is 0.224 e. The number of rotatable bonds is 4. The van der Waals surface area contributed by atoms with Crippen molar-refractivity contribution < 1.29 is 4.79 Å². The number of amides is 1. The van der Waals surface area contributed by atoms with Gasteiger partial charge in [-0.25, -0.2) is 0 Å². The quantitative estimate of drug-likeness (QED) is 0.822. The van der Waals surface area contributed by atoms with E-state index < -0.39 is 0 Å². The lowest BCUT2D eigenvalue weighted by molar-refractivity contribution is -0.120. The van der Waals surface area contributed by atoms with Crippen molar-refractivity contribution in [1.82, 2.24) is 10.6 Å². The molecule has 1 aliphatic rings. The van der Waals surface area contributed by atoms with Crippen LogP contribution in [0.25, 0.3) is 0 Å². The van der Waals surface area contributed by atoms with E-state index in [-0.39, 0.29) is 5.91 Å². The zero-order valence-electron chi connectivity index (χ0n) is 10.1. The Hall–Kier alpha value is -1.35. The number of nitrogens with one attached hydrogen (secondary N) is 2. The first-order chi connectivity index (χ1) is 8.34. The van der Waals surface area contributed by atoms with Crippen LogP contribution in [0.15, 0.2) is 30.3 Å². The summed E-state index contributed by atoms with van der Waals surface area (Å²) in [5.41, 5.74) is 1.08. The zero-order valence-corrected chi connectivity index (χ0v) is 10.1. The molecule has 1 aromatic carbocycles. The molecule has 2 N–H and O–H groups in total. The van der Waals surface area contributed by atoms with Gasteiger partial charge in [-0.15, -0.1) is 0 Å². The van der Waals surface area contributed by atoms with Crippen LogP contribution in [0.4, 0.5) is 0 Å². The molecule has 1 aliphatic heterocycles. The molecule has 1 amide bonds. The normalized spacial score (nSPS) is 19.9. The highest BCUT2D eigenvalue weighted by Gasteiger charge is 2.13. The van der Waals surface area contributed by atoms with Gasteiger partial charge in [0.2, 0.25) is 5.91 Å². The molecule has 92 valence electrons. The topological polar surface area (TPSA) is 41.1 Å². The fourth-order valence-electron chi connectivity index (χ4n) is 2.20. The van der Waals surface area contributed by atoms with Crippen molar-refractivity contribution in [3.05, 3.63) is 35.9 Å². The highest BCUT2D eigenvalue weighted by Crippen LogP contribution is 2.08. The Morgan fingerprint density at radius 3 is 2.88 bits per heavy atom. The number of benzene rings is 1. The van der Waals surface area contributed by atoms with Gasteiger partial charge >= 0.3 is 0 Å². The Morgan fingerprint density at radius 2 is 2.18 bits per heavy atom. The third-order valence-electron chi connectivity index (χ3n) is 3.19. The SMILES string of the molecule is O=C(Cc1ccccc1)NCC1CCCNC1. The van der Waals surface area contributed by atoms with Gasteiger partial charge in [-0.05, 0) is 37.4 Å². The van der Waals surface area contributed by atoms with Gasteiger partial charge in [0, 0.05) is 6.54 Å². The number of hydrogen-bond acceptors (Lipinski definition) is 2.